The number of aliphatic hydroxyl groups is 1. The molecule has 0 saturated heterocycles. The summed E-state index contributed by atoms with van der Waals surface area (Å²) in [4.78, 5) is 0. The molecular formula is C16H16ClF2NO. The quantitative estimate of drug-likeness (QED) is 0.874. The van der Waals surface area contributed by atoms with Gasteiger partial charge in [-0.2, -0.15) is 0 Å². The van der Waals surface area contributed by atoms with Crippen LogP contribution in [0.1, 0.15) is 30.2 Å². The van der Waals surface area contributed by atoms with Gasteiger partial charge in [-0.25, -0.2) is 8.78 Å². The van der Waals surface area contributed by atoms with E-state index in [1.54, 1.807) is 6.07 Å². The number of benzene rings is 2. The summed E-state index contributed by atoms with van der Waals surface area (Å²) in [6, 6.07) is 10.4. The van der Waals surface area contributed by atoms with Crippen LogP contribution in [0.2, 0.25) is 5.02 Å². The maximum atomic E-state index is 13.6. The fourth-order valence-corrected chi connectivity index (χ4v) is 2.41. The summed E-state index contributed by atoms with van der Waals surface area (Å²) in [5.74, 6) is -1.42. The zero-order valence-electron chi connectivity index (χ0n) is 11.5. The van der Waals surface area contributed by atoms with Crippen molar-refractivity contribution >= 4 is 11.6 Å². The molecule has 0 amide bonds. The fourth-order valence-electron chi connectivity index (χ4n) is 2.11. The van der Waals surface area contributed by atoms with Gasteiger partial charge in [-0.05, 0) is 24.6 Å². The Kier molecular flexibility index (Phi) is 5.28. The molecule has 2 atom stereocenters. The maximum Gasteiger partial charge on any atom is 0.131 e. The summed E-state index contributed by atoms with van der Waals surface area (Å²) in [5.41, 5.74) is 0.959. The van der Waals surface area contributed by atoms with Crippen molar-refractivity contribution in [3.8, 4) is 0 Å². The number of aliphatic hydroxyl groups excluding tert-OH is 1. The molecule has 0 aliphatic rings. The lowest BCUT2D eigenvalue weighted by atomic mass is 10.1. The minimum absolute atomic E-state index is 0.0651. The minimum atomic E-state index is -1.06. The van der Waals surface area contributed by atoms with Crippen LogP contribution in [0.3, 0.4) is 0 Å². The summed E-state index contributed by atoms with van der Waals surface area (Å²) in [5, 5.41) is 13.7. The predicted octanol–water partition coefficient (Wildman–Crippen LogP) is 4.00. The smallest absolute Gasteiger partial charge is 0.131 e. The molecule has 0 aliphatic heterocycles. The first-order valence-corrected chi connectivity index (χ1v) is 6.97. The number of hydrogen-bond acceptors (Lipinski definition) is 2. The second-order valence-corrected chi connectivity index (χ2v) is 5.24. The van der Waals surface area contributed by atoms with E-state index in [-0.39, 0.29) is 18.2 Å². The van der Waals surface area contributed by atoms with Crippen molar-refractivity contribution in [1.29, 1.82) is 0 Å². The van der Waals surface area contributed by atoms with Crippen LogP contribution < -0.4 is 5.32 Å². The zero-order valence-corrected chi connectivity index (χ0v) is 12.2. The molecule has 0 aromatic heterocycles. The van der Waals surface area contributed by atoms with Crippen LogP contribution >= 0.6 is 11.6 Å². The Bertz CT molecular complexity index is 621. The highest BCUT2D eigenvalue weighted by atomic mass is 35.5. The molecule has 5 heteroatoms. The number of hydrogen-bond donors (Lipinski definition) is 2. The summed E-state index contributed by atoms with van der Waals surface area (Å²) >= 11 is 6.09. The van der Waals surface area contributed by atoms with Gasteiger partial charge in [0.2, 0.25) is 0 Å². The molecule has 2 unspecified atom stereocenters. The van der Waals surface area contributed by atoms with Gasteiger partial charge in [0.15, 0.2) is 0 Å². The first-order valence-electron chi connectivity index (χ1n) is 6.60. The fraction of sp³-hybridized carbons (Fsp3) is 0.250. The van der Waals surface area contributed by atoms with Gasteiger partial charge in [0, 0.05) is 29.2 Å². The molecule has 2 aromatic rings. The van der Waals surface area contributed by atoms with Crippen LogP contribution in [-0.4, -0.2) is 11.7 Å². The number of rotatable bonds is 5. The molecule has 2 rings (SSSR count). The molecule has 0 bridgehead atoms. The number of nitrogens with one attached hydrogen (secondary N) is 1. The molecule has 2 aromatic carbocycles. The van der Waals surface area contributed by atoms with E-state index in [0.29, 0.717) is 5.02 Å². The zero-order chi connectivity index (χ0) is 15.4. The Morgan fingerprint density at radius 1 is 1.14 bits per heavy atom. The summed E-state index contributed by atoms with van der Waals surface area (Å²) < 4.78 is 26.4. The van der Waals surface area contributed by atoms with Gasteiger partial charge >= 0.3 is 0 Å². The lowest BCUT2D eigenvalue weighted by Gasteiger charge is -2.19. The first-order chi connectivity index (χ1) is 9.99. The van der Waals surface area contributed by atoms with Crippen molar-refractivity contribution in [2.75, 3.05) is 6.54 Å². The molecule has 21 heavy (non-hydrogen) atoms. The van der Waals surface area contributed by atoms with E-state index in [0.717, 1.165) is 17.7 Å². The Labute approximate surface area is 127 Å². The summed E-state index contributed by atoms with van der Waals surface area (Å²) in [6.45, 7) is 2.03. The van der Waals surface area contributed by atoms with Crippen molar-refractivity contribution in [2.24, 2.45) is 0 Å². The van der Waals surface area contributed by atoms with Gasteiger partial charge in [0.25, 0.3) is 0 Å². The van der Waals surface area contributed by atoms with E-state index >= 15 is 0 Å². The van der Waals surface area contributed by atoms with Crippen LogP contribution in [0.5, 0.6) is 0 Å². The van der Waals surface area contributed by atoms with Gasteiger partial charge in [-0.15, -0.1) is 0 Å². The molecule has 0 fully saturated rings. The molecule has 2 N–H and O–H groups in total. The highest BCUT2D eigenvalue weighted by molar-refractivity contribution is 6.31. The molecule has 2 nitrogen and oxygen atoms in total. The van der Waals surface area contributed by atoms with E-state index in [1.165, 1.54) is 6.07 Å². The normalized spacial score (nSPS) is 14.0. The highest BCUT2D eigenvalue weighted by Gasteiger charge is 2.15. The Morgan fingerprint density at radius 2 is 1.86 bits per heavy atom. The molecule has 0 radical (unpaired) electrons. The molecule has 112 valence electrons. The van der Waals surface area contributed by atoms with Crippen LogP contribution in [0.4, 0.5) is 8.78 Å². The summed E-state index contributed by atoms with van der Waals surface area (Å²) in [6.07, 6.45) is -1.06. The third-order valence-corrected chi connectivity index (χ3v) is 3.65. The average molecular weight is 312 g/mol. The minimum Gasteiger partial charge on any atom is -0.387 e. The van der Waals surface area contributed by atoms with Gasteiger partial charge in [0.1, 0.15) is 11.6 Å². The van der Waals surface area contributed by atoms with Gasteiger partial charge in [-0.1, -0.05) is 35.9 Å². The highest BCUT2D eigenvalue weighted by Crippen LogP contribution is 2.23. The molecule has 0 heterocycles. The standard InChI is InChI=1S/C16H16ClF2NO/c1-10(12-4-2-3-5-14(12)17)20-9-16(21)13-7-6-11(18)8-15(13)19/h2-8,10,16,20-21H,9H2,1H3. The Balaban J connectivity index is 2.01. The van der Waals surface area contributed by atoms with E-state index in [4.69, 9.17) is 11.6 Å². The van der Waals surface area contributed by atoms with Gasteiger partial charge in [-0.3, -0.25) is 0 Å². The summed E-state index contributed by atoms with van der Waals surface area (Å²) in [7, 11) is 0. The third-order valence-electron chi connectivity index (χ3n) is 3.31. The molecule has 0 saturated carbocycles. The van der Waals surface area contributed by atoms with Crippen molar-refractivity contribution in [3.05, 3.63) is 70.2 Å². The number of halogens is 3. The first kappa shape index (κ1) is 15.9. The van der Waals surface area contributed by atoms with Crippen molar-refractivity contribution in [2.45, 2.75) is 19.1 Å². The van der Waals surface area contributed by atoms with Crippen LogP contribution in [0.25, 0.3) is 0 Å². The average Bonchev–Trinajstić information content (AvgIpc) is 2.45. The van der Waals surface area contributed by atoms with Crippen molar-refractivity contribution in [1.82, 2.24) is 5.32 Å². The second-order valence-electron chi connectivity index (χ2n) is 4.83. The Morgan fingerprint density at radius 3 is 2.52 bits per heavy atom. The van der Waals surface area contributed by atoms with E-state index in [1.807, 2.05) is 25.1 Å². The molecular weight excluding hydrogens is 296 g/mol. The SMILES string of the molecule is CC(NCC(O)c1ccc(F)cc1F)c1ccccc1Cl. The van der Waals surface area contributed by atoms with Crippen molar-refractivity contribution in [3.63, 3.8) is 0 Å². The lowest BCUT2D eigenvalue weighted by Crippen LogP contribution is -2.25. The van der Waals surface area contributed by atoms with E-state index < -0.39 is 17.7 Å². The van der Waals surface area contributed by atoms with Crippen LogP contribution in [0.15, 0.2) is 42.5 Å². The third kappa shape index (κ3) is 4.00. The van der Waals surface area contributed by atoms with Gasteiger partial charge in [0.05, 0.1) is 6.10 Å². The van der Waals surface area contributed by atoms with E-state index in [9.17, 15) is 13.9 Å². The van der Waals surface area contributed by atoms with Gasteiger partial charge < -0.3 is 10.4 Å². The van der Waals surface area contributed by atoms with E-state index in [2.05, 4.69) is 5.32 Å². The monoisotopic (exact) mass is 311 g/mol. The van der Waals surface area contributed by atoms with Crippen LogP contribution in [-0.2, 0) is 0 Å². The molecule has 0 aliphatic carbocycles. The second kappa shape index (κ2) is 6.98. The predicted molar refractivity (Wildman–Crippen MR) is 79.2 cm³/mol. The Hall–Kier alpha value is -1.49. The maximum absolute atomic E-state index is 13.6. The molecule has 0 spiro atoms. The van der Waals surface area contributed by atoms with Crippen molar-refractivity contribution < 1.29 is 13.9 Å². The largest absolute Gasteiger partial charge is 0.387 e. The van der Waals surface area contributed by atoms with Crippen LogP contribution in [0, 0.1) is 11.6 Å². The lowest BCUT2D eigenvalue weighted by molar-refractivity contribution is 0.166. The topological polar surface area (TPSA) is 32.3 Å².